The number of halogens is 1. The molecule has 0 aliphatic rings. The van der Waals surface area contributed by atoms with Gasteiger partial charge in [-0.15, -0.1) is 0 Å². The fourth-order valence-electron chi connectivity index (χ4n) is 1.91. The molecule has 0 aromatic rings. The maximum absolute atomic E-state index is 13.3. The molecule has 0 rings (SSSR count). The van der Waals surface area contributed by atoms with E-state index in [1.165, 1.54) is 57.0 Å². The normalized spacial score (nSPS) is 13.3. The molecule has 0 aromatic heterocycles. The maximum atomic E-state index is 13.3. The second-order valence-electron chi connectivity index (χ2n) is 4.46. The van der Waals surface area contributed by atoms with Gasteiger partial charge in [0.1, 0.15) is 0 Å². The Morgan fingerprint density at radius 2 is 1.13 bits per heavy atom. The van der Waals surface area contributed by atoms with Gasteiger partial charge < -0.3 is 0 Å². The topological polar surface area (TPSA) is 0 Å². The Morgan fingerprint density at radius 1 is 0.800 bits per heavy atom. The molecule has 0 aromatic carbocycles. The van der Waals surface area contributed by atoms with Crippen LogP contribution in [0.3, 0.4) is 0 Å². The van der Waals surface area contributed by atoms with Crippen LogP contribution in [0.15, 0.2) is 0 Å². The van der Waals surface area contributed by atoms with Crippen molar-refractivity contribution in [3.8, 4) is 0 Å². The zero-order chi connectivity index (χ0) is 11.6. The van der Waals surface area contributed by atoms with Gasteiger partial charge in [0.15, 0.2) is 0 Å². The molecule has 0 atom stereocenters. The Bertz CT molecular complexity index is 120. The fourth-order valence-corrected chi connectivity index (χ4v) is 8.15. The summed E-state index contributed by atoms with van der Waals surface area (Å²) in [5, 5.41) is 0. The number of hydrogen-bond acceptors (Lipinski definition) is 0. The second kappa shape index (κ2) is 10.0. The number of unbranched alkanes of at least 4 members (excludes halogenated alkanes) is 3. The van der Waals surface area contributed by atoms with Crippen LogP contribution in [0.4, 0.5) is 3.61 Å². The van der Waals surface area contributed by atoms with Crippen LogP contribution in [0, 0.1) is 0 Å². The molecule has 0 saturated heterocycles. The molecule has 0 spiro atoms. The van der Waals surface area contributed by atoms with E-state index in [0.717, 1.165) is 0 Å². The molecule has 0 radical (unpaired) electrons. The van der Waals surface area contributed by atoms with E-state index in [1.54, 1.807) is 0 Å². The zero-order valence-corrected chi connectivity index (χ0v) is 12.5. The van der Waals surface area contributed by atoms with E-state index >= 15 is 0 Å². The van der Waals surface area contributed by atoms with Gasteiger partial charge in [0, 0.05) is 0 Å². The van der Waals surface area contributed by atoms with Crippen molar-refractivity contribution in [2.24, 2.45) is 0 Å². The molecule has 0 nitrogen and oxygen atoms in total. The third-order valence-corrected chi connectivity index (χ3v) is 10.3. The van der Waals surface area contributed by atoms with Crippen molar-refractivity contribution in [1.82, 2.24) is 0 Å². The predicted molar refractivity (Wildman–Crippen MR) is 68.7 cm³/mol. The summed E-state index contributed by atoms with van der Waals surface area (Å²) in [6.45, 7) is 6.64. The summed E-state index contributed by atoms with van der Waals surface area (Å²) in [5.41, 5.74) is 0. The summed E-state index contributed by atoms with van der Waals surface area (Å²) in [7, 11) is 0. The summed E-state index contributed by atoms with van der Waals surface area (Å²) in [6.07, 6.45) is 11.0. The average Bonchev–Trinajstić information content (AvgIpc) is 2.29. The first kappa shape index (κ1) is 15.9. The van der Waals surface area contributed by atoms with Gasteiger partial charge in [-0.1, -0.05) is 0 Å². The molecule has 0 saturated carbocycles. The third-order valence-electron chi connectivity index (χ3n) is 3.02. The summed E-state index contributed by atoms with van der Waals surface area (Å²) in [6, 6.07) is -1.56. The van der Waals surface area contributed by atoms with E-state index in [9.17, 15) is 3.61 Å². The zero-order valence-electron chi connectivity index (χ0n) is 10.6. The molecular formula is C12H28FNiP. The molecule has 0 unspecified atom stereocenters. The van der Waals surface area contributed by atoms with Crippen LogP contribution >= 0.6 is 6.04 Å². The third kappa shape index (κ3) is 6.90. The van der Waals surface area contributed by atoms with Gasteiger partial charge >= 0.3 is 102 Å². The van der Waals surface area contributed by atoms with Gasteiger partial charge in [0.05, 0.1) is 0 Å². The van der Waals surface area contributed by atoms with Gasteiger partial charge in [-0.05, 0) is 0 Å². The van der Waals surface area contributed by atoms with Crippen molar-refractivity contribution in [3.63, 3.8) is 0 Å². The van der Waals surface area contributed by atoms with Crippen molar-refractivity contribution in [2.45, 2.75) is 59.3 Å². The first-order chi connectivity index (χ1) is 7.24. The SMILES string of the molecule is CCCC[PH](CCCC)(CCCC)[Ni][F]. The Balaban J connectivity index is 4.16. The van der Waals surface area contributed by atoms with Gasteiger partial charge in [0.25, 0.3) is 0 Å². The van der Waals surface area contributed by atoms with Crippen LogP contribution in [0.1, 0.15) is 59.3 Å². The summed E-state index contributed by atoms with van der Waals surface area (Å²) in [5.74, 6) is 0. The van der Waals surface area contributed by atoms with Crippen molar-refractivity contribution < 1.29 is 18.1 Å². The molecule has 0 bridgehead atoms. The van der Waals surface area contributed by atoms with Crippen molar-refractivity contribution in [2.75, 3.05) is 18.5 Å². The second-order valence-corrected chi connectivity index (χ2v) is 11.9. The molecular weight excluding hydrogens is 253 g/mol. The quantitative estimate of drug-likeness (QED) is 0.389. The molecule has 0 heterocycles. The van der Waals surface area contributed by atoms with Crippen LogP contribution in [0.2, 0.25) is 0 Å². The van der Waals surface area contributed by atoms with E-state index in [0.29, 0.717) is 14.4 Å². The van der Waals surface area contributed by atoms with Crippen LogP contribution in [0.25, 0.3) is 0 Å². The van der Waals surface area contributed by atoms with E-state index in [-0.39, 0.29) is 0 Å². The van der Waals surface area contributed by atoms with Crippen molar-refractivity contribution >= 4 is 6.04 Å². The van der Waals surface area contributed by atoms with Crippen LogP contribution in [-0.4, -0.2) is 18.5 Å². The van der Waals surface area contributed by atoms with Crippen LogP contribution in [-0.2, 0) is 14.4 Å². The number of hydrogen-bond donors (Lipinski definition) is 0. The fraction of sp³-hybridized carbons (Fsp3) is 1.00. The number of rotatable bonds is 10. The van der Waals surface area contributed by atoms with E-state index in [2.05, 4.69) is 20.8 Å². The monoisotopic (exact) mass is 280 g/mol. The summed E-state index contributed by atoms with van der Waals surface area (Å²) < 4.78 is 13.3. The van der Waals surface area contributed by atoms with Crippen molar-refractivity contribution in [1.29, 1.82) is 0 Å². The molecule has 0 aliphatic carbocycles. The van der Waals surface area contributed by atoms with Gasteiger partial charge in [-0.3, -0.25) is 0 Å². The molecule has 15 heavy (non-hydrogen) atoms. The predicted octanol–water partition coefficient (Wildman–Crippen LogP) is 5.02. The Morgan fingerprint density at radius 3 is 1.33 bits per heavy atom. The molecule has 3 heteroatoms. The van der Waals surface area contributed by atoms with E-state index < -0.39 is 6.04 Å². The molecule has 0 amide bonds. The average molecular weight is 281 g/mol. The summed E-state index contributed by atoms with van der Waals surface area (Å²) in [4.78, 5) is 0. The molecule has 0 aliphatic heterocycles. The van der Waals surface area contributed by atoms with E-state index in [4.69, 9.17) is 0 Å². The van der Waals surface area contributed by atoms with Crippen LogP contribution < -0.4 is 0 Å². The minimum atomic E-state index is -1.56. The Labute approximate surface area is 102 Å². The van der Waals surface area contributed by atoms with Gasteiger partial charge in [-0.2, -0.15) is 0 Å². The standard InChI is InChI=1S/C12H27P.FH.Ni/c1-4-7-10-13(11-8-5-2)12-9-6-3;;/h4-12H2,1-3H3;1H;. The minimum absolute atomic E-state index is 0.591. The molecule has 0 fully saturated rings. The molecule has 0 N–H and O–H groups in total. The Hall–Kier alpha value is 0.854. The van der Waals surface area contributed by atoms with Crippen LogP contribution in [0.5, 0.6) is 0 Å². The first-order valence-electron chi connectivity index (χ1n) is 6.46. The summed E-state index contributed by atoms with van der Waals surface area (Å²) >= 11 is 0.591. The first-order valence-corrected chi connectivity index (χ1v) is 10.8. The van der Waals surface area contributed by atoms with Gasteiger partial charge in [-0.25, -0.2) is 0 Å². The molecule has 98 valence electrons. The Kier molecular flexibility index (Phi) is 10.6. The van der Waals surface area contributed by atoms with Gasteiger partial charge in [0.2, 0.25) is 0 Å². The van der Waals surface area contributed by atoms with E-state index in [1.807, 2.05) is 0 Å². The van der Waals surface area contributed by atoms with Crippen molar-refractivity contribution in [3.05, 3.63) is 0 Å².